The van der Waals surface area contributed by atoms with Gasteiger partial charge in [0.1, 0.15) is 0 Å². The van der Waals surface area contributed by atoms with Gasteiger partial charge >= 0.3 is 0 Å². The topological polar surface area (TPSA) is 83.7 Å². The second-order valence-electron chi connectivity index (χ2n) is 7.93. The average molecular weight is 430 g/mol. The highest BCUT2D eigenvalue weighted by Crippen LogP contribution is 2.25. The first-order valence-electron chi connectivity index (χ1n) is 9.96. The van der Waals surface area contributed by atoms with Crippen molar-refractivity contribution in [1.82, 2.24) is 9.21 Å². The van der Waals surface area contributed by atoms with Gasteiger partial charge in [0.25, 0.3) is 5.91 Å². The van der Waals surface area contributed by atoms with Crippen molar-refractivity contribution in [3.05, 3.63) is 29.3 Å². The zero-order valence-electron chi connectivity index (χ0n) is 16.8. The minimum atomic E-state index is -3.54. The molecule has 2 heterocycles. The van der Waals surface area contributed by atoms with Crippen LogP contribution in [0.15, 0.2) is 23.1 Å². The summed E-state index contributed by atoms with van der Waals surface area (Å²) in [5.74, 6) is 0.368. The number of nitrogens with two attached hydrogens (primary N) is 1. The van der Waals surface area contributed by atoms with Gasteiger partial charge in [0.05, 0.1) is 4.90 Å². The van der Waals surface area contributed by atoms with E-state index >= 15 is 0 Å². The minimum absolute atomic E-state index is 0. The lowest BCUT2D eigenvalue weighted by atomic mass is 9.90. The van der Waals surface area contributed by atoms with Crippen LogP contribution in [-0.2, 0) is 10.0 Å². The number of carbonyl (C=O) groups excluding carboxylic acids is 1. The van der Waals surface area contributed by atoms with Gasteiger partial charge in [0.2, 0.25) is 10.0 Å². The monoisotopic (exact) mass is 429 g/mol. The SMILES string of the molecule is Cc1ccc(S(=O)(=O)N2CCCCC2)cc1C(=O)N1CCC(C(C)N)CC1.Cl. The third kappa shape index (κ3) is 4.87. The molecule has 1 unspecified atom stereocenters. The van der Waals surface area contributed by atoms with Crippen molar-refractivity contribution in [2.75, 3.05) is 26.2 Å². The Labute approximate surface area is 174 Å². The van der Waals surface area contributed by atoms with Crippen LogP contribution in [0.4, 0.5) is 0 Å². The summed E-state index contributed by atoms with van der Waals surface area (Å²) in [6.07, 6.45) is 4.65. The Morgan fingerprint density at radius 1 is 1.11 bits per heavy atom. The molecule has 28 heavy (non-hydrogen) atoms. The fraction of sp³-hybridized carbons (Fsp3) is 0.650. The van der Waals surface area contributed by atoms with Crippen molar-refractivity contribution in [3.63, 3.8) is 0 Å². The summed E-state index contributed by atoms with van der Waals surface area (Å²) in [5, 5.41) is 0. The summed E-state index contributed by atoms with van der Waals surface area (Å²) in [5.41, 5.74) is 7.29. The van der Waals surface area contributed by atoms with Crippen LogP contribution in [0, 0.1) is 12.8 Å². The van der Waals surface area contributed by atoms with E-state index in [0.717, 1.165) is 37.7 Å². The van der Waals surface area contributed by atoms with E-state index in [9.17, 15) is 13.2 Å². The van der Waals surface area contributed by atoms with Crippen LogP contribution in [0.25, 0.3) is 0 Å². The van der Waals surface area contributed by atoms with Gasteiger partial charge < -0.3 is 10.6 Å². The van der Waals surface area contributed by atoms with Crippen molar-refractivity contribution in [1.29, 1.82) is 0 Å². The van der Waals surface area contributed by atoms with Gasteiger partial charge in [0.15, 0.2) is 0 Å². The molecule has 2 aliphatic heterocycles. The zero-order chi connectivity index (χ0) is 19.6. The van der Waals surface area contributed by atoms with Crippen molar-refractivity contribution >= 4 is 28.3 Å². The van der Waals surface area contributed by atoms with Crippen LogP contribution in [0.2, 0.25) is 0 Å². The number of aryl methyl sites for hydroxylation is 1. The molecule has 2 fully saturated rings. The zero-order valence-corrected chi connectivity index (χ0v) is 18.4. The van der Waals surface area contributed by atoms with Crippen LogP contribution < -0.4 is 5.73 Å². The third-order valence-corrected chi connectivity index (χ3v) is 7.86. The van der Waals surface area contributed by atoms with E-state index in [0.29, 0.717) is 37.7 Å². The van der Waals surface area contributed by atoms with Gasteiger partial charge in [-0.3, -0.25) is 4.79 Å². The fourth-order valence-corrected chi connectivity index (χ4v) is 5.59. The Morgan fingerprint density at radius 2 is 1.71 bits per heavy atom. The maximum Gasteiger partial charge on any atom is 0.254 e. The fourth-order valence-electron chi connectivity index (χ4n) is 4.04. The number of hydrogen-bond acceptors (Lipinski definition) is 4. The van der Waals surface area contributed by atoms with E-state index < -0.39 is 10.0 Å². The summed E-state index contributed by atoms with van der Waals surface area (Å²) < 4.78 is 27.5. The lowest BCUT2D eigenvalue weighted by Crippen LogP contribution is -2.42. The van der Waals surface area contributed by atoms with E-state index in [-0.39, 0.29) is 29.3 Å². The standard InChI is InChI=1S/C20H31N3O3S.ClH/c1-15-6-7-18(27(25,26)23-10-4-3-5-11-23)14-19(15)20(24)22-12-8-17(9-13-22)16(2)21;/h6-7,14,16-17H,3-5,8-13,21H2,1-2H3;1H. The highest BCUT2D eigenvalue weighted by Gasteiger charge is 2.29. The lowest BCUT2D eigenvalue weighted by molar-refractivity contribution is 0.0680. The minimum Gasteiger partial charge on any atom is -0.339 e. The summed E-state index contributed by atoms with van der Waals surface area (Å²) in [6, 6.07) is 5.08. The molecule has 0 bridgehead atoms. The van der Waals surface area contributed by atoms with Gasteiger partial charge in [-0.05, 0) is 63.1 Å². The molecule has 0 aromatic heterocycles. The number of sulfonamides is 1. The molecule has 0 saturated carbocycles. The predicted octanol–water partition coefficient (Wildman–Crippen LogP) is 2.79. The number of nitrogens with zero attached hydrogens (tertiary/aromatic N) is 2. The molecule has 2 N–H and O–H groups in total. The van der Waals surface area contributed by atoms with Gasteiger partial charge in [-0.15, -0.1) is 12.4 Å². The highest BCUT2D eigenvalue weighted by atomic mass is 35.5. The second-order valence-corrected chi connectivity index (χ2v) is 9.87. The Balaban J connectivity index is 0.00000280. The Hall–Kier alpha value is -1.15. The summed E-state index contributed by atoms with van der Waals surface area (Å²) in [7, 11) is -3.54. The number of benzene rings is 1. The molecule has 1 aromatic rings. The molecule has 0 spiro atoms. The first kappa shape index (κ1) is 23.1. The Kier molecular flexibility index (Phi) is 7.90. The number of carbonyl (C=O) groups is 1. The number of amides is 1. The summed E-state index contributed by atoms with van der Waals surface area (Å²) >= 11 is 0. The normalized spacial score (nSPS) is 20.5. The smallest absolute Gasteiger partial charge is 0.254 e. The van der Waals surface area contributed by atoms with E-state index in [4.69, 9.17) is 5.73 Å². The molecule has 2 aliphatic rings. The number of rotatable bonds is 4. The Morgan fingerprint density at radius 3 is 2.29 bits per heavy atom. The molecule has 1 atom stereocenters. The van der Waals surface area contributed by atoms with E-state index in [1.165, 1.54) is 0 Å². The molecule has 1 amide bonds. The average Bonchev–Trinajstić information content (AvgIpc) is 2.68. The Bertz CT molecular complexity index is 784. The number of piperidine rings is 2. The first-order valence-corrected chi connectivity index (χ1v) is 11.4. The van der Waals surface area contributed by atoms with E-state index in [1.54, 1.807) is 22.5 Å². The van der Waals surface area contributed by atoms with Crippen LogP contribution in [0.3, 0.4) is 0 Å². The number of halogens is 1. The number of likely N-dealkylation sites (tertiary alicyclic amines) is 1. The van der Waals surface area contributed by atoms with Crippen molar-refractivity contribution < 1.29 is 13.2 Å². The van der Waals surface area contributed by atoms with Gasteiger partial charge in [-0.1, -0.05) is 12.5 Å². The van der Waals surface area contributed by atoms with Crippen LogP contribution >= 0.6 is 12.4 Å². The van der Waals surface area contributed by atoms with Crippen LogP contribution in [0.5, 0.6) is 0 Å². The first-order chi connectivity index (χ1) is 12.8. The van der Waals surface area contributed by atoms with E-state index in [1.807, 2.05) is 18.7 Å². The van der Waals surface area contributed by atoms with Crippen molar-refractivity contribution in [2.24, 2.45) is 11.7 Å². The molecular formula is C20H32ClN3O3S. The third-order valence-electron chi connectivity index (χ3n) is 5.96. The van der Waals surface area contributed by atoms with Crippen molar-refractivity contribution in [3.8, 4) is 0 Å². The molecule has 0 radical (unpaired) electrons. The highest BCUT2D eigenvalue weighted by molar-refractivity contribution is 7.89. The molecule has 3 rings (SSSR count). The van der Waals surface area contributed by atoms with Gasteiger partial charge in [-0.25, -0.2) is 8.42 Å². The molecule has 2 saturated heterocycles. The van der Waals surface area contributed by atoms with Gasteiger partial charge in [-0.2, -0.15) is 4.31 Å². The maximum absolute atomic E-state index is 13.0. The molecule has 8 heteroatoms. The maximum atomic E-state index is 13.0. The predicted molar refractivity (Wildman–Crippen MR) is 113 cm³/mol. The molecule has 158 valence electrons. The van der Waals surface area contributed by atoms with Gasteiger partial charge in [0, 0.05) is 37.8 Å². The summed E-state index contributed by atoms with van der Waals surface area (Å²) in [6.45, 7) is 6.34. The summed E-state index contributed by atoms with van der Waals surface area (Å²) in [4.78, 5) is 15.1. The van der Waals surface area contributed by atoms with Crippen LogP contribution in [-0.4, -0.2) is 55.8 Å². The largest absolute Gasteiger partial charge is 0.339 e. The molecule has 1 aromatic carbocycles. The quantitative estimate of drug-likeness (QED) is 0.797. The second kappa shape index (κ2) is 9.57. The lowest BCUT2D eigenvalue weighted by Gasteiger charge is -2.34. The molecule has 6 nitrogen and oxygen atoms in total. The van der Waals surface area contributed by atoms with Crippen molar-refractivity contribution in [2.45, 2.75) is 56.9 Å². The molecule has 0 aliphatic carbocycles. The number of hydrogen-bond donors (Lipinski definition) is 1. The van der Waals surface area contributed by atoms with E-state index in [2.05, 4.69) is 0 Å². The van der Waals surface area contributed by atoms with Crippen LogP contribution in [0.1, 0.15) is 54.9 Å². The molecular weight excluding hydrogens is 398 g/mol.